The third kappa shape index (κ3) is 4.44. The molecule has 1 aliphatic rings. The Morgan fingerprint density at radius 1 is 1.24 bits per heavy atom. The van der Waals surface area contributed by atoms with Gasteiger partial charge in [0.25, 0.3) is 0 Å². The number of nitrogens with one attached hydrogen (secondary N) is 1. The number of rotatable bonds is 4. The SMILES string of the molecule is OCC1CCCCC1CNc1cc(C(F)(F)F)nc(Cl)n1. The standard InChI is InChI=1S/C13H17ClF3N3O/c14-12-19-10(13(15,16)17)5-11(20-12)18-6-8-3-1-2-4-9(8)7-21/h5,8-9,21H,1-4,6-7H2,(H,18,19,20). The molecule has 1 fully saturated rings. The molecule has 1 aromatic rings. The summed E-state index contributed by atoms with van der Waals surface area (Å²) in [5.41, 5.74) is -1.06. The zero-order valence-corrected chi connectivity index (χ0v) is 12.1. The summed E-state index contributed by atoms with van der Waals surface area (Å²) in [6.07, 6.45) is -0.508. The van der Waals surface area contributed by atoms with Crippen LogP contribution in [0.15, 0.2) is 6.07 Å². The lowest BCUT2D eigenvalue weighted by Gasteiger charge is -2.30. The van der Waals surface area contributed by atoms with E-state index in [1.54, 1.807) is 0 Å². The molecule has 118 valence electrons. The Hall–Kier alpha value is -1.08. The Morgan fingerprint density at radius 2 is 1.90 bits per heavy atom. The molecule has 0 aromatic carbocycles. The summed E-state index contributed by atoms with van der Waals surface area (Å²) >= 11 is 5.53. The molecule has 0 radical (unpaired) electrons. The third-order valence-corrected chi connectivity index (χ3v) is 4.00. The largest absolute Gasteiger partial charge is 0.433 e. The second kappa shape index (κ2) is 6.79. The van der Waals surface area contributed by atoms with E-state index in [-0.39, 0.29) is 24.3 Å². The molecule has 0 spiro atoms. The number of alkyl halides is 3. The number of nitrogens with zero attached hydrogens (tertiary/aromatic N) is 2. The molecule has 0 saturated heterocycles. The quantitative estimate of drug-likeness (QED) is 0.834. The minimum absolute atomic E-state index is 0.0598. The molecule has 21 heavy (non-hydrogen) atoms. The van der Waals surface area contributed by atoms with Gasteiger partial charge in [-0.05, 0) is 36.3 Å². The molecular formula is C13H17ClF3N3O. The van der Waals surface area contributed by atoms with Crippen LogP contribution >= 0.6 is 11.6 Å². The van der Waals surface area contributed by atoms with Gasteiger partial charge in [-0.2, -0.15) is 13.2 Å². The van der Waals surface area contributed by atoms with Crippen molar-refractivity contribution in [1.82, 2.24) is 9.97 Å². The van der Waals surface area contributed by atoms with Gasteiger partial charge in [-0.25, -0.2) is 9.97 Å². The van der Waals surface area contributed by atoms with E-state index in [1.165, 1.54) is 0 Å². The summed E-state index contributed by atoms with van der Waals surface area (Å²) < 4.78 is 37.9. The van der Waals surface area contributed by atoms with E-state index in [0.29, 0.717) is 6.54 Å². The maximum Gasteiger partial charge on any atom is 0.433 e. The molecule has 4 nitrogen and oxygen atoms in total. The second-order valence-corrected chi connectivity index (χ2v) is 5.61. The number of aliphatic hydroxyl groups excluding tert-OH is 1. The fraction of sp³-hybridized carbons (Fsp3) is 0.692. The molecule has 1 saturated carbocycles. The van der Waals surface area contributed by atoms with Gasteiger partial charge in [-0.1, -0.05) is 12.8 Å². The zero-order valence-electron chi connectivity index (χ0n) is 11.3. The predicted molar refractivity (Wildman–Crippen MR) is 73.1 cm³/mol. The lowest BCUT2D eigenvalue weighted by Crippen LogP contribution is -2.29. The van der Waals surface area contributed by atoms with Gasteiger partial charge in [-0.3, -0.25) is 0 Å². The van der Waals surface area contributed by atoms with Crippen molar-refractivity contribution in [2.45, 2.75) is 31.9 Å². The number of hydrogen-bond donors (Lipinski definition) is 2. The first-order chi connectivity index (χ1) is 9.90. The number of aromatic nitrogens is 2. The highest BCUT2D eigenvalue weighted by Crippen LogP contribution is 2.31. The molecule has 2 rings (SSSR count). The van der Waals surface area contributed by atoms with Crippen molar-refractivity contribution in [2.75, 3.05) is 18.5 Å². The number of halogens is 4. The average molecular weight is 324 g/mol. The lowest BCUT2D eigenvalue weighted by atomic mass is 9.79. The molecule has 8 heteroatoms. The van der Waals surface area contributed by atoms with Crippen LogP contribution in [0.5, 0.6) is 0 Å². The van der Waals surface area contributed by atoms with Crippen molar-refractivity contribution in [3.63, 3.8) is 0 Å². The Morgan fingerprint density at radius 3 is 2.52 bits per heavy atom. The topological polar surface area (TPSA) is 58.0 Å². The highest BCUT2D eigenvalue weighted by Gasteiger charge is 2.33. The van der Waals surface area contributed by atoms with E-state index < -0.39 is 17.2 Å². The van der Waals surface area contributed by atoms with Gasteiger partial charge in [0.1, 0.15) is 5.82 Å². The van der Waals surface area contributed by atoms with Crippen molar-refractivity contribution in [2.24, 2.45) is 11.8 Å². The summed E-state index contributed by atoms with van der Waals surface area (Å²) in [4.78, 5) is 6.94. The minimum Gasteiger partial charge on any atom is -0.396 e. The maximum atomic E-state index is 12.6. The first-order valence-corrected chi connectivity index (χ1v) is 7.24. The van der Waals surface area contributed by atoms with E-state index in [1.807, 2.05) is 0 Å². The summed E-state index contributed by atoms with van der Waals surface area (Å²) in [6, 6.07) is 0.850. The Kier molecular flexibility index (Phi) is 5.27. The summed E-state index contributed by atoms with van der Waals surface area (Å²) in [5.74, 6) is 0.474. The van der Waals surface area contributed by atoms with E-state index in [2.05, 4.69) is 15.3 Å². The van der Waals surface area contributed by atoms with Crippen molar-refractivity contribution >= 4 is 17.4 Å². The van der Waals surface area contributed by atoms with Crippen LogP contribution in [0.1, 0.15) is 31.4 Å². The van der Waals surface area contributed by atoms with Crippen LogP contribution in [0.2, 0.25) is 5.28 Å². The van der Waals surface area contributed by atoms with E-state index >= 15 is 0 Å². The fourth-order valence-electron chi connectivity index (χ4n) is 2.68. The van der Waals surface area contributed by atoms with Crippen molar-refractivity contribution in [1.29, 1.82) is 0 Å². The maximum absolute atomic E-state index is 12.6. The Balaban J connectivity index is 2.04. The Bertz CT molecular complexity index is 484. The third-order valence-electron chi connectivity index (χ3n) is 3.84. The van der Waals surface area contributed by atoms with E-state index in [4.69, 9.17) is 11.6 Å². The average Bonchev–Trinajstić information content (AvgIpc) is 2.44. The van der Waals surface area contributed by atoms with Crippen LogP contribution in [-0.2, 0) is 6.18 Å². The van der Waals surface area contributed by atoms with Crippen molar-refractivity contribution in [3.05, 3.63) is 17.0 Å². The first kappa shape index (κ1) is 16.3. The monoisotopic (exact) mass is 323 g/mol. The normalized spacial score (nSPS) is 23.1. The second-order valence-electron chi connectivity index (χ2n) is 5.27. The molecule has 0 bridgehead atoms. The molecule has 1 aromatic heterocycles. The Labute approximate surface area is 125 Å². The summed E-state index contributed by atoms with van der Waals surface area (Å²) in [5, 5.41) is 11.8. The fourth-order valence-corrected chi connectivity index (χ4v) is 2.86. The van der Waals surface area contributed by atoms with Crippen LogP contribution in [0.3, 0.4) is 0 Å². The van der Waals surface area contributed by atoms with Gasteiger partial charge in [0.05, 0.1) is 0 Å². The molecular weight excluding hydrogens is 307 g/mol. The van der Waals surface area contributed by atoms with Crippen LogP contribution in [-0.4, -0.2) is 28.2 Å². The molecule has 2 unspecified atom stereocenters. The predicted octanol–water partition coefficient (Wildman–Crippen LogP) is 3.36. The van der Waals surface area contributed by atoms with Gasteiger partial charge in [0, 0.05) is 19.2 Å². The molecule has 2 atom stereocenters. The highest BCUT2D eigenvalue weighted by molar-refractivity contribution is 6.28. The van der Waals surface area contributed by atoms with Crippen LogP contribution in [0.4, 0.5) is 19.0 Å². The van der Waals surface area contributed by atoms with E-state index in [0.717, 1.165) is 31.7 Å². The highest BCUT2D eigenvalue weighted by atomic mass is 35.5. The minimum atomic E-state index is -4.55. The van der Waals surface area contributed by atoms with Gasteiger partial charge in [0.15, 0.2) is 5.69 Å². The molecule has 0 amide bonds. The molecule has 2 N–H and O–H groups in total. The zero-order chi connectivity index (χ0) is 15.5. The van der Waals surface area contributed by atoms with Gasteiger partial charge < -0.3 is 10.4 Å². The lowest BCUT2D eigenvalue weighted by molar-refractivity contribution is -0.141. The molecule has 1 heterocycles. The summed E-state index contributed by atoms with van der Waals surface area (Å²) in [6.45, 7) is 0.570. The smallest absolute Gasteiger partial charge is 0.396 e. The van der Waals surface area contributed by atoms with Gasteiger partial charge in [-0.15, -0.1) is 0 Å². The van der Waals surface area contributed by atoms with Gasteiger partial charge in [0.2, 0.25) is 5.28 Å². The van der Waals surface area contributed by atoms with Crippen molar-refractivity contribution in [3.8, 4) is 0 Å². The van der Waals surface area contributed by atoms with Gasteiger partial charge >= 0.3 is 6.18 Å². The first-order valence-electron chi connectivity index (χ1n) is 6.86. The number of anilines is 1. The number of hydrogen-bond acceptors (Lipinski definition) is 4. The van der Waals surface area contributed by atoms with Crippen LogP contribution in [0, 0.1) is 11.8 Å². The van der Waals surface area contributed by atoms with Crippen molar-refractivity contribution < 1.29 is 18.3 Å². The molecule has 0 aliphatic heterocycles. The van der Waals surface area contributed by atoms with Crippen LogP contribution in [0.25, 0.3) is 0 Å². The molecule has 1 aliphatic carbocycles. The van der Waals surface area contributed by atoms with E-state index in [9.17, 15) is 18.3 Å². The van der Waals surface area contributed by atoms with Crippen LogP contribution < -0.4 is 5.32 Å². The number of aliphatic hydroxyl groups is 1. The summed E-state index contributed by atoms with van der Waals surface area (Å²) in [7, 11) is 0.